The molecule has 3 aromatic rings. The van der Waals surface area contributed by atoms with Gasteiger partial charge in [-0.25, -0.2) is 13.2 Å². The molecule has 1 saturated heterocycles. The number of amides is 1. The monoisotopic (exact) mass is 524 g/mol. The third-order valence-corrected chi connectivity index (χ3v) is 8.36. The van der Waals surface area contributed by atoms with Crippen LogP contribution in [-0.2, 0) is 14.6 Å². The van der Waals surface area contributed by atoms with Crippen LogP contribution in [-0.4, -0.2) is 43.5 Å². The van der Waals surface area contributed by atoms with Crippen molar-refractivity contribution in [1.29, 1.82) is 5.41 Å². The van der Waals surface area contributed by atoms with Gasteiger partial charge in [0.2, 0.25) is 0 Å². The second kappa shape index (κ2) is 9.87. The SMILES string of the molecule is CC1(C)SCC(OC(=O)Nc2ccc(-c3ccccc3S(C)(=O)=O)cc2)N1c1cccc(C(=N)N)c1. The number of thioether (sulfide) groups is 1. The minimum Gasteiger partial charge on any atom is -0.424 e. The zero-order valence-corrected chi connectivity index (χ0v) is 21.8. The molecule has 1 heterocycles. The fraction of sp³-hybridized carbons (Fsp3) is 0.231. The Bertz CT molecular complexity index is 1410. The Morgan fingerprint density at radius 3 is 2.47 bits per heavy atom. The number of sulfone groups is 1. The van der Waals surface area contributed by atoms with E-state index in [0.29, 0.717) is 22.6 Å². The Hall–Kier alpha value is -3.50. The van der Waals surface area contributed by atoms with E-state index in [4.69, 9.17) is 15.9 Å². The molecule has 4 rings (SSSR count). The molecule has 1 amide bonds. The molecule has 0 bridgehead atoms. The van der Waals surface area contributed by atoms with Gasteiger partial charge in [0.25, 0.3) is 0 Å². The maximum absolute atomic E-state index is 12.8. The van der Waals surface area contributed by atoms with Crippen molar-refractivity contribution in [3.63, 3.8) is 0 Å². The van der Waals surface area contributed by atoms with Gasteiger partial charge in [0.05, 0.1) is 15.5 Å². The smallest absolute Gasteiger partial charge is 0.413 e. The highest BCUT2D eigenvalue weighted by molar-refractivity contribution is 8.01. The van der Waals surface area contributed by atoms with Crippen LogP contribution in [0, 0.1) is 5.41 Å². The van der Waals surface area contributed by atoms with Crippen molar-refractivity contribution in [2.45, 2.75) is 29.8 Å². The molecule has 0 aromatic heterocycles. The molecule has 1 aliphatic rings. The summed E-state index contributed by atoms with van der Waals surface area (Å²) in [4.78, 5) is 14.7. The van der Waals surface area contributed by atoms with Gasteiger partial charge in [-0.3, -0.25) is 10.7 Å². The molecule has 4 N–H and O–H groups in total. The summed E-state index contributed by atoms with van der Waals surface area (Å²) in [5, 5.41) is 10.5. The number of nitrogens with two attached hydrogens (primary N) is 1. The van der Waals surface area contributed by atoms with Crippen LogP contribution >= 0.6 is 11.8 Å². The first-order chi connectivity index (χ1) is 17.0. The zero-order valence-electron chi connectivity index (χ0n) is 20.2. The fourth-order valence-corrected chi connectivity index (χ4v) is 6.23. The van der Waals surface area contributed by atoms with Crippen LogP contribution in [0.5, 0.6) is 0 Å². The molecule has 1 fully saturated rings. The number of hydrogen-bond donors (Lipinski definition) is 3. The molecule has 1 aliphatic heterocycles. The summed E-state index contributed by atoms with van der Waals surface area (Å²) >= 11 is 1.66. The second-order valence-electron chi connectivity index (χ2n) is 8.92. The zero-order chi connectivity index (χ0) is 26.1. The second-order valence-corrected chi connectivity index (χ2v) is 12.5. The maximum atomic E-state index is 12.8. The van der Waals surface area contributed by atoms with Gasteiger partial charge >= 0.3 is 6.09 Å². The van der Waals surface area contributed by atoms with Crippen molar-refractivity contribution < 1.29 is 17.9 Å². The van der Waals surface area contributed by atoms with Gasteiger partial charge < -0.3 is 15.4 Å². The number of nitrogens with zero attached hydrogens (tertiary/aromatic N) is 1. The Morgan fingerprint density at radius 1 is 1.11 bits per heavy atom. The van der Waals surface area contributed by atoms with E-state index >= 15 is 0 Å². The molecule has 1 unspecified atom stereocenters. The summed E-state index contributed by atoms with van der Waals surface area (Å²) in [6, 6.07) is 21.0. The molecule has 0 saturated carbocycles. The van der Waals surface area contributed by atoms with E-state index < -0.39 is 22.2 Å². The highest BCUT2D eigenvalue weighted by Gasteiger charge is 2.42. The lowest BCUT2D eigenvalue weighted by Gasteiger charge is -2.36. The number of nitrogen functional groups attached to an aromatic ring is 1. The molecule has 0 spiro atoms. The first-order valence-corrected chi connectivity index (χ1v) is 14.1. The lowest BCUT2D eigenvalue weighted by Crippen LogP contribution is -2.45. The fourth-order valence-electron chi connectivity index (χ4n) is 4.19. The molecule has 0 radical (unpaired) electrons. The molecule has 188 valence electrons. The molecule has 36 heavy (non-hydrogen) atoms. The average Bonchev–Trinajstić information content (AvgIpc) is 3.12. The highest BCUT2D eigenvalue weighted by Crippen LogP contribution is 2.42. The summed E-state index contributed by atoms with van der Waals surface area (Å²) < 4.78 is 30.1. The van der Waals surface area contributed by atoms with Crippen molar-refractivity contribution in [3.8, 4) is 11.1 Å². The van der Waals surface area contributed by atoms with Crippen LogP contribution in [0.1, 0.15) is 19.4 Å². The first kappa shape index (κ1) is 25.6. The number of rotatable bonds is 6. The summed E-state index contributed by atoms with van der Waals surface area (Å²) in [6.07, 6.45) is 0.0587. The minimum absolute atomic E-state index is 0.0284. The molecule has 3 aromatic carbocycles. The van der Waals surface area contributed by atoms with Crippen LogP contribution in [0.25, 0.3) is 11.1 Å². The van der Waals surface area contributed by atoms with Crippen molar-refractivity contribution in [2.75, 3.05) is 22.2 Å². The van der Waals surface area contributed by atoms with Crippen LogP contribution < -0.4 is 16.0 Å². The molecular weight excluding hydrogens is 496 g/mol. The Morgan fingerprint density at radius 2 is 1.81 bits per heavy atom. The first-order valence-electron chi connectivity index (χ1n) is 11.2. The average molecular weight is 525 g/mol. The van der Waals surface area contributed by atoms with Gasteiger partial charge in [0.1, 0.15) is 5.84 Å². The van der Waals surface area contributed by atoms with Crippen molar-refractivity contribution in [1.82, 2.24) is 0 Å². The Balaban J connectivity index is 1.49. The predicted molar refractivity (Wildman–Crippen MR) is 145 cm³/mol. The summed E-state index contributed by atoms with van der Waals surface area (Å²) in [6.45, 7) is 4.10. The standard InChI is InChI=1S/C26H28N4O4S2/c1-26(2)30(20-8-6-7-18(15-20)24(27)28)23(16-35-26)34-25(31)29-19-13-11-17(12-14-19)21-9-4-5-10-22(21)36(3,32)33/h4-15,23H,16H2,1-3H3,(H3,27,28)(H,29,31). The summed E-state index contributed by atoms with van der Waals surface area (Å²) in [5.74, 6) is 0.547. The van der Waals surface area contributed by atoms with E-state index in [9.17, 15) is 13.2 Å². The van der Waals surface area contributed by atoms with E-state index in [1.165, 1.54) is 6.26 Å². The quantitative estimate of drug-likeness (QED) is 0.309. The lowest BCUT2D eigenvalue weighted by atomic mass is 10.1. The number of anilines is 2. The normalized spacial score (nSPS) is 17.0. The number of carbonyl (C=O) groups is 1. The summed E-state index contributed by atoms with van der Waals surface area (Å²) in [7, 11) is -3.38. The molecular formula is C26H28N4O4S2. The maximum Gasteiger partial charge on any atom is 0.413 e. The third kappa shape index (κ3) is 5.50. The third-order valence-electron chi connectivity index (χ3n) is 5.85. The van der Waals surface area contributed by atoms with E-state index in [1.54, 1.807) is 66.4 Å². The number of benzene rings is 3. The summed E-state index contributed by atoms with van der Waals surface area (Å²) in [5.41, 5.74) is 8.92. The molecule has 1 atom stereocenters. The Kier molecular flexibility index (Phi) is 7.01. The molecule has 10 heteroatoms. The van der Waals surface area contributed by atoms with Gasteiger partial charge in [0, 0.05) is 28.8 Å². The number of carbonyl (C=O) groups excluding carboxylic acids is 1. The van der Waals surface area contributed by atoms with Crippen molar-refractivity contribution in [3.05, 3.63) is 78.4 Å². The van der Waals surface area contributed by atoms with Gasteiger partial charge in [-0.1, -0.05) is 42.5 Å². The number of hydrogen-bond acceptors (Lipinski definition) is 7. The highest BCUT2D eigenvalue weighted by atomic mass is 32.2. The van der Waals surface area contributed by atoms with Crippen LogP contribution in [0.4, 0.5) is 16.2 Å². The number of nitrogens with one attached hydrogen (secondary N) is 2. The Labute approximate surface area is 215 Å². The van der Waals surface area contributed by atoms with E-state index in [0.717, 1.165) is 11.3 Å². The van der Waals surface area contributed by atoms with E-state index in [2.05, 4.69) is 5.32 Å². The number of ether oxygens (including phenoxy) is 1. The lowest BCUT2D eigenvalue weighted by molar-refractivity contribution is 0.119. The van der Waals surface area contributed by atoms with Gasteiger partial charge in [-0.15, -0.1) is 11.8 Å². The largest absolute Gasteiger partial charge is 0.424 e. The van der Waals surface area contributed by atoms with Crippen LogP contribution in [0.3, 0.4) is 0 Å². The van der Waals surface area contributed by atoms with Crippen molar-refractivity contribution in [2.24, 2.45) is 5.73 Å². The molecule has 8 nitrogen and oxygen atoms in total. The van der Waals surface area contributed by atoms with Crippen LogP contribution in [0.2, 0.25) is 0 Å². The minimum atomic E-state index is -3.38. The molecule has 0 aliphatic carbocycles. The topological polar surface area (TPSA) is 126 Å². The van der Waals surface area contributed by atoms with Crippen LogP contribution in [0.15, 0.2) is 77.7 Å². The van der Waals surface area contributed by atoms with Crippen molar-refractivity contribution >= 4 is 44.9 Å². The van der Waals surface area contributed by atoms with Gasteiger partial charge in [0.15, 0.2) is 16.1 Å². The van der Waals surface area contributed by atoms with Gasteiger partial charge in [-0.2, -0.15) is 0 Å². The van der Waals surface area contributed by atoms with E-state index in [1.807, 2.05) is 36.9 Å². The number of amidine groups is 1. The van der Waals surface area contributed by atoms with Gasteiger partial charge in [-0.05, 0) is 49.7 Å². The predicted octanol–water partition coefficient (Wildman–Crippen LogP) is 4.91. The van der Waals surface area contributed by atoms with E-state index in [-0.39, 0.29) is 15.6 Å².